The van der Waals surface area contributed by atoms with Gasteiger partial charge >= 0.3 is 0 Å². The van der Waals surface area contributed by atoms with Gasteiger partial charge in [-0.2, -0.15) is 9.78 Å². The summed E-state index contributed by atoms with van der Waals surface area (Å²) in [6.07, 6.45) is 4.06. The molecule has 0 aliphatic heterocycles. The highest BCUT2D eigenvalue weighted by molar-refractivity contribution is 9.10. The van der Waals surface area contributed by atoms with E-state index in [9.17, 15) is 9.59 Å². The molecule has 1 aromatic heterocycles. The Hall–Kier alpha value is -3.50. The van der Waals surface area contributed by atoms with Crippen molar-refractivity contribution in [2.45, 2.75) is 33.1 Å². The predicted molar refractivity (Wildman–Crippen MR) is 161 cm³/mol. The summed E-state index contributed by atoms with van der Waals surface area (Å²) in [4.78, 5) is 30.5. The summed E-state index contributed by atoms with van der Waals surface area (Å²) in [6.45, 7) is 4.14. The molecule has 0 atom stereocenters. The van der Waals surface area contributed by atoms with Crippen LogP contribution in [-0.2, 0) is 11.2 Å². The van der Waals surface area contributed by atoms with Crippen LogP contribution in [0.15, 0.2) is 79.5 Å². The molecule has 202 valence electrons. The second-order valence-electron chi connectivity index (χ2n) is 8.62. The first kappa shape index (κ1) is 28.5. The third-order valence-corrected chi connectivity index (χ3v) is 6.77. The second kappa shape index (κ2) is 13.5. The Morgan fingerprint density at radius 3 is 2.62 bits per heavy atom. The van der Waals surface area contributed by atoms with Crippen LogP contribution >= 0.6 is 31.9 Å². The number of unbranched alkanes of at least 4 members (excludes halogenated alkanes) is 1. The molecule has 0 radical (unpaired) electrons. The van der Waals surface area contributed by atoms with E-state index in [4.69, 9.17) is 14.5 Å². The van der Waals surface area contributed by atoms with Gasteiger partial charge in [-0.3, -0.25) is 9.59 Å². The van der Waals surface area contributed by atoms with Gasteiger partial charge in [-0.15, -0.1) is 0 Å². The molecule has 0 saturated carbocycles. The van der Waals surface area contributed by atoms with Gasteiger partial charge < -0.3 is 14.8 Å². The first-order valence-electron chi connectivity index (χ1n) is 12.6. The van der Waals surface area contributed by atoms with Crippen LogP contribution in [0.4, 0.5) is 5.69 Å². The van der Waals surface area contributed by atoms with Gasteiger partial charge in [-0.05, 0) is 77.3 Å². The lowest BCUT2D eigenvalue weighted by atomic mass is 10.2. The van der Waals surface area contributed by atoms with E-state index < -0.39 is 0 Å². The van der Waals surface area contributed by atoms with Crippen molar-refractivity contribution in [2.75, 3.05) is 18.5 Å². The Morgan fingerprint density at radius 1 is 1.08 bits per heavy atom. The highest BCUT2D eigenvalue weighted by atomic mass is 79.9. The summed E-state index contributed by atoms with van der Waals surface area (Å²) < 4.78 is 14.4. The maximum Gasteiger partial charge on any atom is 0.282 e. The molecule has 8 nitrogen and oxygen atoms in total. The van der Waals surface area contributed by atoms with Gasteiger partial charge in [0.15, 0.2) is 18.1 Å². The van der Waals surface area contributed by atoms with Crippen molar-refractivity contribution in [1.82, 2.24) is 9.66 Å². The van der Waals surface area contributed by atoms with E-state index in [2.05, 4.69) is 49.2 Å². The van der Waals surface area contributed by atoms with E-state index in [1.165, 1.54) is 4.68 Å². The zero-order chi connectivity index (χ0) is 27.8. The zero-order valence-corrected chi connectivity index (χ0v) is 24.8. The van der Waals surface area contributed by atoms with Gasteiger partial charge in [0, 0.05) is 16.6 Å². The average molecular weight is 656 g/mol. The van der Waals surface area contributed by atoms with Crippen LogP contribution in [-0.4, -0.2) is 35.0 Å². The summed E-state index contributed by atoms with van der Waals surface area (Å²) >= 11 is 6.96. The van der Waals surface area contributed by atoms with Crippen molar-refractivity contribution < 1.29 is 14.3 Å². The molecule has 0 fully saturated rings. The fourth-order valence-corrected chi connectivity index (χ4v) is 4.79. The molecule has 4 rings (SSSR count). The number of amides is 1. The lowest BCUT2D eigenvalue weighted by Crippen LogP contribution is -2.22. The van der Waals surface area contributed by atoms with Crippen LogP contribution in [0.5, 0.6) is 11.5 Å². The number of ether oxygens (including phenoxy) is 2. The number of fused-ring (bicyclic) bond motifs is 1. The fourth-order valence-electron chi connectivity index (χ4n) is 3.86. The van der Waals surface area contributed by atoms with E-state index in [1.807, 2.05) is 37.3 Å². The molecule has 1 amide bonds. The number of anilines is 1. The smallest absolute Gasteiger partial charge is 0.282 e. The Morgan fingerprint density at radius 2 is 1.87 bits per heavy atom. The molecule has 0 saturated heterocycles. The van der Waals surface area contributed by atoms with E-state index in [1.54, 1.807) is 36.5 Å². The summed E-state index contributed by atoms with van der Waals surface area (Å²) in [6, 6.07) is 18.2. The highest BCUT2D eigenvalue weighted by Crippen LogP contribution is 2.36. The number of nitrogens with zero attached hydrogens (tertiary/aromatic N) is 3. The molecule has 0 aliphatic carbocycles. The number of aryl methyl sites for hydroxylation is 1. The first-order chi connectivity index (χ1) is 18.9. The lowest BCUT2D eigenvalue weighted by molar-refractivity contribution is -0.118. The van der Waals surface area contributed by atoms with E-state index >= 15 is 0 Å². The molecule has 4 aromatic rings. The van der Waals surface area contributed by atoms with Gasteiger partial charge in [0.25, 0.3) is 11.5 Å². The fraction of sp³-hybridized carbons (Fsp3) is 0.241. The van der Waals surface area contributed by atoms with Gasteiger partial charge in [0.05, 0.1) is 28.2 Å². The maximum atomic E-state index is 13.4. The van der Waals surface area contributed by atoms with Crippen molar-refractivity contribution in [3.05, 3.63) is 91.4 Å². The quantitative estimate of drug-likeness (QED) is 0.185. The number of aromatic nitrogens is 2. The van der Waals surface area contributed by atoms with Crippen molar-refractivity contribution in [3.8, 4) is 11.5 Å². The standard InChI is InChI=1S/C29H28Br2N4O4/c1-3-5-11-26-34-24-13-12-20(30)16-22(24)29(37)35(26)32-17-19-14-23(31)28(25(15-19)38-4-2)39-18-27(36)33-21-9-7-6-8-10-21/h6-10,12-17H,3-5,11,18H2,1-2H3,(H,33,36). The van der Waals surface area contributed by atoms with Crippen molar-refractivity contribution in [1.29, 1.82) is 0 Å². The monoisotopic (exact) mass is 654 g/mol. The summed E-state index contributed by atoms with van der Waals surface area (Å²) in [5.74, 6) is 1.15. The largest absolute Gasteiger partial charge is 0.490 e. The van der Waals surface area contributed by atoms with Crippen LogP contribution in [0.25, 0.3) is 10.9 Å². The number of hydrogen-bond donors (Lipinski definition) is 1. The number of carbonyl (C=O) groups is 1. The van der Waals surface area contributed by atoms with E-state index in [0.717, 1.165) is 17.3 Å². The molecular formula is C29H28Br2N4O4. The molecular weight excluding hydrogens is 628 g/mol. The van der Waals surface area contributed by atoms with Crippen LogP contribution < -0.4 is 20.3 Å². The molecule has 0 spiro atoms. The van der Waals surface area contributed by atoms with Crippen LogP contribution in [0.3, 0.4) is 0 Å². The molecule has 1 heterocycles. The Labute approximate surface area is 243 Å². The van der Waals surface area contributed by atoms with Crippen molar-refractivity contribution in [3.63, 3.8) is 0 Å². The van der Waals surface area contributed by atoms with Gasteiger partial charge in [-0.25, -0.2) is 4.98 Å². The number of benzene rings is 3. The van der Waals surface area contributed by atoms with E-state index in [0.29, 0.717) is 57.0 Å². The minimum absolute atomic E-state index is 0.199. The molecule has 3 aromatic carbocycles. The summed E-state index contributed by atoms with van der Waals surface area (Å²) in [5, 5.41) is 7.80. The maximum absolute atomic E-state index is 13.4. The SMILES string of the molecule is CCCCc1nc2ccc(Br)cc2c(=O)n1N=Cc1cc(Br)c(OCC(=O)Nc2ccccc2)c(OCC)c1. The molecule has 0 bridgehead atoms. The normalized spacial score (nSPS) is 11.2. The predicted octanol–water partition coefficient (Wildman–Crippen LogP) is 6.56. The summed E-state index contributed by atoms with van der Waals surface area (Å²) in [7, 11) is 0. The number of para-hydroxylation sites is 1. The lowest BCUT2D eigenvalue weighted by Gasteiger charge is -2.15. The first-order valence-corrected chi connectivity index (χ1v) is 14.2. The molecule has 10 heteroatoms. The third kappa shape index (κ3) is 7.33. The zero-order valence-electron chi connectivity index (χ0n) is 21.6. The Kier molecular flexibility index (Phi) is 9.89. The average Bonchev–Trinajstić information content (AvgIpc) is 2.92. The van der Waals surface area contributed by atoms with Crippen LogP contribution in [0.1, 0.15) is 38.1 Å². The third-order valence-electron chi connectivity index (χ3n) is 5.69. The molecule has 0 aliphatic rings. The molecule has 39 heavy (non-hydrogen) atoms. The Bertz CT molecular complexity index is 1550. The second-order valence-corrected chi connectivity index (χ2v) is 10.4. The number of halogens is 2. The highest BCUT2D eigenvalue weighted by Gasteiger charge is 2.15. The topological polar surface area (TPSA) is 94.8 Å². The van der Waals surface area contributed by atoms with Crippen LogP contribution in [0, 0.1) is 0 Å². The number of nitrogens with one attached hydrogen (secondary N) is 1. The number of carbonyl (C=O) groups excluding carboxylic acids is 1. The Balaban J connectivity index is 1.61. The van der Waals surface area contributed by atoms with Crippen LogP contribution in [0.2, 0.25) is 0 Å². The van der Waals surface area contributed by atoms with Gasteiger partial charge in [0.1, 0.15) is 5.82 Å². The van der Waals surface area contributed by atoms with Crippen molar-refractivity contribution >= 4 is 60.6 Å². The number of rotatable bonds is 11. The molecule has 0 unspecified atom stereocenters. The number of hydrogen-bond acceptors (Lipinski definition) is 6. The van der Waals surface area contributed by atoms with Gasteiger partial charge in [0.2, 0.25) is 0 Å². The van der Waals surface area contributed by atoms with Crippen molar-refractivity contribution in [2.24, 2.45) is 5.10 Å². The molecule has 1 N–H and O–H groups in total. The minimum atomic E-state index is -0.296. The minimum Gasteiger partial charge on any atom is -0.490 e. The van der Waals surface area contributed by atoms with E-state index in [-0.39, 0.29) is 18.1 Å². The summed E-state index contributed by atoms with van der Waals surface area (Å²) in [5.41, 5.74) is 1.76. The van der Waals surface area contributed by atoms with Gasteiger partial charge in [-0.1, -0.05) is 47.5 Å².